The Morgan fingerprint density at radius 3 is 2.36 bits per heavy atom. The lowest BCUT2D eigenvalue weighted by molar-refractivity contribution is 0.169. The Labute approximate surface area is 93.6 Å². The summed E-state index contributed by atoms with van der Waals surface area (Å²) in [6.07, 6.45) is 1.26. The summed E-state index contributed by atoms with van der Waals surface area (Å²) in [5.74, 6) is 0.760. The fourth-order valence-corrected chi connectivity index (χ4v) is 3.69. The first kappa shape index (κ1) is 12.4. The molecule has 1 nitrogen and oxygen atoms in total. The van der Waals surface area contributed by atoms with E-state index < -0.39 is 0 Å². The molecule has 2 atom stereocenters. The van der Waals surface area contributed by atoms with Gasteiger partial charge in [0.15, 0.2) is 0 Å². The number of hydrogen-bond donors (Lipinski definition) is 0. The van der Waals surface area contributed by atoms with Crippen LogP contribution in [0.2, 0.25) is 0 Å². The van der Waals surface area contributed by atoms with Crippen LogP contribution in [0.3, 0.4) is 0 Å². The van der Waals surface area contributed by atoms with E-state index in [4.69, 9.17) is 0 Å². The maximum atomic E-state index is 2.69. The topological polar surface area (TPSA) is 3.24 Å². The largest absolute Gasteiger partial charge is 0.287 e. The maximum Gasteiger partial charge on any atom is 0.0589 e. The molecule has 0 aromatic heterocycles. The van der Waals surface area contributed by atoms with Gasteiger partial charge in [-0.1, -0.05) is 20.8 Å². The van der Waals surface area contributed by atoms with Crippen molar-refractivity contribution >= 4 is 11.8 Å². The van der Waals surface area contributed by atoms with Crippen LogP contribution in [0, 0.1) is 5.92 Å². The Hall–Kier alpha value is 0.310. The third-order valence-electron chi connectivity index (χ3n) is 3.06. The molecule has 1 aliphatic rings. The molecular formula is C12H25NS. The molecular weight excluding hydrogens is 190 g/mol. The van der Waals surface area contributed by atoms with Gasteiger partial charge in [-0.25, -0.2) is 0 Å². The standard InChI is InChI=1S/C12H25NS/c1-7-10(4)13-8-12(5,6)14-11(13)9(2)3/h9-11H,7-8H2,1-6H3. The zero-order chi connectivity index (χ0) is 10.9. The van der Waals surface area contributed by atoms with Gasteiger partial charge in [-0.2, -0.15) is 0 Å². The first-order chi connectivity index (χ1) is 6.37. The third-order valence-corrected chi connectivity index (χ3v) is 4.88. The molecule has 84 valence electrons. The predicted octanol–water partition coefficient (Wildman–Crippen LogP) is 3.59. The van der Waals surface area contributed by atoms with Gasteiger partial charge in [0.05, 0.1) is 5.37 Å². The summed E-state index contributed by atoms with van der Waals surface area (Å²) in [6.45, 7) is 15.3. The number of rotatable bonds is 3. The van der Waals surface area contributed by atoms with Crippen LogP contribution in [0.5, 0.6) is 0 Å². The molecule has 0 aromatic carbocycles. The summed E-state index contributed by atoms with van der Waals surface area (Å²) in [5, 5.41) is 0.722. The highest BCUT2D eigenvalue weighted by Crippen LogP contribution is 2.43. The lowest BCUT2D eigenvalue weighted by atomic mass is 10.1. The summed E-state index contributed by atoms with van der Waals surface area (Å²) < 4.78 is 0.443. The average Bonchev–Trinajstić information content (AvgIpc) is 2.40. The molecule has 1 heterocycles. The van der Waals surface area contributed by atoms with Crippen LogP contribution in [0.15, 0.2) is 0 Å². The normalized spacial score (nSPS) is 29.8. The Morgan fingerprint density at radius 1 is 1.36 bits per heavy atom. The van der Waals surface area contributed by atoms with Crippen LogP contribution in [0.25, 0.3) is 0 Å². The van der Waals surface area contributed by atoms with Gasteiger partial charge in [0.25, 0.3) is 0 Å². The average molecular weight is 215 g/mol. The predicted molar refractivity (Wildman–Crippen MR) is 66.8 cm³/mol. The molecule has 2 heteroatoms. The Balaban J connectivity index is 2.72. The SMILES string of the molecule is CCC(C)N1CC(C)(C)SC1C(C)C. The fourth-order valence-electron chi connectivity index (χ4n) is 2.12. The van der Waals surface area contributed by atoms with Crippen molar-refractivity contribution in [3.8, 4) is 0 Å². The van der Waals surface area contributed by atoms with Crippen molar-refractivity contribution in [2.75, 3.05) is 6.54 Å². The van der Waals surface area contributed by atoms with E-state index in [1.54, 1.807) is 0 Å². The maximum absolute atomic E-state index is 2.69. The van der Waals surface area contributed by atoms with Gasteiger partial charge in [0, 0.05) is 17.3 Å². The Morgan fingerprint density at radius 2 is 1.93 bits per heavy atom. The monoisotopic (exact) mass is 215 g/mol. The fraction of sp³-hybridized carbons (Fsp3) is 1.00. The summed E-state index contributed by atoms with van der Waals surface area (Å²) in [7, 11) is 0. The molecule has 0 spiro atoms. The van der Waals surface area contributed by atoms with Gasteiger partial charge in [-0.3, -0.25) is 4.90 Å². The minimum atomic E-state index is 0.443. The van der Waals surface area contributed by atoms with Crippen molar-refractivity contribution in [2.45, 2.75) is 64.1 Å². The number of thioether (sulfide) groups is 1. The zero-order valence-electron chi connectivity index (χ0n) is 10.5. The highest BCUT2D eigenvalue weighted by Gasteiger charge is 2.40. The molecule has 1 aliphatic heterocycles. The van der Waals surface area contributed by atoms with Gasteiger partial charge in [0.2, 0.25) is 0 Å². The highest BCUT2D eigenvalue weighted by molar-refractivity contribution is 8.01. The second-order valence-electron chi connectivity index (χ2n) is 5.44. The van der Waals surface area contributed by atoms with Crippen molar-refractivity contribution in [3.63, 3.8) is 0 Å². The Kier molecular flexibility index (Phi) is 3.93. The van der Waals surface area contributed by atoms with Crippen LogP contribution in [0.1, 0.15) is 48.0 Å². The van der Waals surface area contributed by atoms with E-state index in [0.717, 1.165) is 17.3 Å². The van der Waals surface area contributed by atoms with Crippen molar-refractivity contribution in [3.05, 3.63) is 0 Å². The smallest absolute Gasteiger partial charge is 0.0589 e. The third kappa shape index (κ3) is 2.66. The highest BCUT2D eigenvalue weighted by atomic mass is 32.2. The lowest BCUT2D eigenvalue weighted by Crippen LogP contribution is -2.40. The molecule has 0 aromatic rings. The second kappa shape index (κ2) is 4.44. The van der Waals surface area contributed by atoms with Gasteiger partial charge in [-0.15, -0.1) is 11.8 Å². The number of nitrogens with zero attached hydrogens (tertiary/aromatic N) is 1. The quantitative estimate of drug-likeness (QED) is 0.708. The van der Waals surface area contributed by atoms with E-state index in [2.05, 4.69) is 58.2 Å². The van der Waals surface area contributed by atoms with Crippen molar-refractivity contribution < 1.29 is 0 Å². The van der Waals surface area contributed by atoms with E-state index in [-0.39, 0.29) is 0 Å². The summed E-state index contributed by atoms with van der Waals surface area (Å²) in [6, 6.07) is 0.733. The van der Waals surface area contributed by atoms with E-state index in [1.165, 1.54) is 13.0 Å². The second-order valence-corrected chi connectivity index (χ2v) is 7.27. The van der Waals surface area contributed by atoms with Gasteiger partial charge in [0.1, 0.15) is 0 Å². The van der Waals surface area contributed by atoms with Gasteiger partial charge >= 0.3 is 0 Å². The molecule has 2 unspecified atom stereocenters. The van der Waals surface area contributed by atoms with Crippen LogP contribution >= 0.6 is 11.8 Å². The van der Waals surface area contributed by atoms with E-state index in [0.29, 0.717) is 4.75 Å². The van der Waals surface area contributed by atoms with Crippen LogP contribution in [-0.2, 0) is 0 Å². The molecule has 0 saturated carbocycles. The first-order valence-electron chi connectivity index (χ1n) is 5.81. The van der Waals surface area contributed by atoms with Gasteiger partial charge in [-0.05, 0) is 33.1 Å². The minimum Gasteiger partial charge on any atom is -0.287 e. The zero-order valence-corrected chi connectivity index (χ0v) is 11.3. The molecule has 1 fully saturated rings. The summed E-state index contributed by atoms with van der Waals surface area (Å²) in [5.41, 5.74) is 0. The Bertz CT molecular complexity index is 189. The summed E-state index contributed by atoms with van der Waals surface area (Å²) >= 11 is 2.15. The van der Waals surface area contributed by atoms with Crippen molar-refractivity contribution in [1.82, 2.24) is 4.90 Å². The molecule has 0 amide bonds. The van der Waals surface area contributed by atoms with E-state index >= 15 is 0 Å². The number of hydrogen-bond acceptors (Lipinski definition) is 2. The van der Waals surface area contributed by atoms with Gasteiger partial charge < -0.3 is 0 Å². The molecule has 0 bridgehead atoms. The minimum absolute atomic E-state index is 0.443. The summed E-state index contributed by atoms with van der Waals surface area (Å²) in [4.78, 5) is 2.69. The molecule has 1 rings (SSSR count). The van der Waals surface area contributed by atoms with Crippen LogP contribution in [0.4, 0.5) is 0 Å². The van der Waals surface area contributed by atoms with E-state index in [9.17, 15) is 0 Å². The van der Waals surface area contributed by atoms with E-state index in [1.807, 2.05) is 0 Å². The molecule has 0 N–H and O–H groups in total. The lowest BCUT2D eigenvalue weighted by Gasteiger charge is -2.31. The van der Waals surface area contributed by atoms with Crippen molar-refractivity contribution in [2.24, 2.45) is 5.92 Å². The van der Waals surface area contributed by atoms with Crippen molar-refractivity contribution in [1.29, 1.82) is 0 Å². The first-order valence-corrected chi connectivity index (χ1v) is 6.69. The van der Waals surface area contributed by atoms with Crippen LogP contribution < -0.4 is 0 Å². The molecule has 1 saturated heterocycles. The molecule has 0 radical (unpaired) electrons. The molecule has 14 heavy (non-hydrogen) atoms. The van der Waals surface area contributed by atoms with Crippen LogP contribution in [-0.4, -0.2) is 27.6 Å². The molecule has 0 aliphatic carbocycles.